The molecule has 0 atom stereocenters. The average Bonchev–Trinajstić information content (AvgIpc) is 3.19. The lowest BCUT2D eigenvalue weighted by atomic mass is 10.1. The van der Waals surface area contributed by atoms with Crippen LogP contribution in [0.1, 0.15) is 16.7 Å². The van der Waals surface area contributed by atoms with Crippen molar-refractivity contribution in [2.75, 3.05) is 0 Å². The molecule has 2 nitrogen and oxygen atoms in total. The minimum absolute atomic E-state index is 0.899. The van der Waals surface area contributed by atoms with Gasteiger partial charge in [0.05, 0.1) is 11.0 Å². The Morgan fingerprint density at radius 1 is 0.667 bits per heavy atom. The lowest BCUT2D eigenvalue weighted by Gasteiger charge is -2.10. The Balaban J connectivity index is 1.70. The maximum Gasteiger partial charge on any atom is 0.146 e. The summed E-state index contributed by atoms with van der Waals surface area (Å²) in [6.07, 6.45) is 0. The number of imidazole rings is 1. The third kappa shape index (κ3) is 3.38. The molecule has 0 fully saturated rings. The number of aryl methyl sites for hydroxylation is 1. The van der Waals surface area contributed by atoms with Crippen molar-refractivity contribution >= 4 is 11.0 Å². The van der Waals surface area contributed by atoms with Gasteiger partial charge in [-0.25, -0.2) is 4.98 Å². The van der Waals surface area contributed by atoms with Crippen molar-refractivity contribution in [3.63, 3.8) is 0 Å². The summed E-state index contributed by atoms with van der Waals surface area (Å²) in [5.41, 5.74) is 7.37. The summed E-state index contributed by atoms with van der Waals surface area (Å²) in [6.45, 7) is 2.08. The third-order valence-electron chi connectivity index (χ3n) is 5.14. The van der Waals surface area contributed by atoms with Crippen molar-refractivity contribution in [2.24, 2.45) is 0 Å². The molecule has 5 aromatic rings. The van der Waals surface area contributed by atoms with E-state index in [0.717, 1.165) is 39.2 Å². The Hall–Kier alpha value is -4.09. The zero-order valence-electron chi connectivity index (χ0n) is 16.7. The molecule has 1 aromatic heterocycles. The lowest BCUT2D eigenvalue weighted by molar-refractivity contribution is 1.10. The van der Waals surface area contributed by atoms with E-state index in [1.807, 2.05) is 24.3 Å². The van der Waals surface area contributed by atoms with Crippen LogP contribution in [0.25, 0.3) is 28.1 Å². The number of hydrogen-bond acceptors (Lipinski definition) is 1. The molecule has 0 saturated carbocycles. The fraction of sp³-hybridized carbons (Fsp3) is 0.0357. The van der Waals surface area contributed by atoms with Crippen molar-refractivity contribution in [1.82, 2.24) is 9.55 Å². The van der Waals surface area contributed by atoms with E-state index < -0.39 is 0 Å². The van der Waals surface area contributed by atoms with E-state index in [2.05, 4.69) is 102 Å². The van der Waals surface area contributed by atoms with Crippen LogP contribution in [-0.2, 0) is 0 Å². The Morgan fingerprint density at radius 3 is 2.20 bits per heavy atom. The largest absolute Gasteiger partial charge is 0.292 e. The number of aromatic nitrogens is 2. The second kappa shape index (κ2) is 7.73. The molecule has 142 valence electrons. The van der Waals surface area contributed by atoms with Gasteiger partial charge in [0.25, 0.3) is 0 Å². The molecular formula is C28H20N2. The first kappa shape index (κ1) is 18.0. The summed E-state index contributed by atoms with van der Waals surface area (Å²) in [5, 5.41) is 0. The molecule has 1 heterocycles. The van der Waals surface area contributed by atoms with Gasteiger partial charge in [0.2, 0.25) is 0 Å². The van der Waals surface area contributed by atoms with Crippen molar-refractivity contribution in [3.05, 3.63) is 120 Å². The number of benzene rings is 4. The first-order valence-corrected chi connectivity index (χ1v) is 10.0. The number of hydrogen-bond donors (Lipinski definition) is 0. The SMILES string of the molecule is Cc1ccc(C#Cc2ccccc2-c2nc3ccccc3n2-c2ccccc2)cc1. The summed E-state index contributed by atoms with van der Waals surface area (Å²) in [7, 11) is 0. The molecule has 0 aliphatic carbocycles. The van der Waals surface area contributed by atoms with Crippen LogP contribution in [0.5, 0.6) is 0 Å². The van der Waals surface area contributed by atoms with E-state index in [4.69, 9.17) is 4.98 Å². The monoisotopic (exact) mass is 384 g/mol. The second-order valence-corrected chi connectivity index (χ2v) is 7.26. The summed E-state index contributed by atoms with van der Waals surface area (Å²) in [5.74, 6) is 7.57. The maximum atomic E-state index is 4.98. The van der Waals surface area contributed by atoms with Crippen LogP contribution in [0.4, 0.5) is 0 Å². The van der Waals surface area contributed by atoms with E-state index in [-0.39, 0.29) is 0 Å². The molecular weight excluding hydrogens is 364 g/mol. The van der Waals surface area contributed by atoms with E-state index >= 15 is 0 Å². The first-order chi connectivity index (χ1) is 14.8. The molecule has 4 aromatic carbocycles. The Kier molecular flexibility index (Phi) is 4.63. The van der Waals surface area contributed by atoms with Gasteiger partial charge < -0.3 is 0 Å². The minimum atomic E-state index is 0.899. The molecule has 0 saturated heterocycles. The van der Waals surface area contributed by atoms with Gasteiger partial charge in [-0.1, -0.05) is 72.0 Å². The standard InChI is InChI=1S/C28H20N2/c1-21-15-17-22(18-16-21)19-20-23-9-5-6-12-25(23)28-29-26-13-7-8-14-27(26)30(28)24-10-3-2-4-11-24/h2-18H,1H3. The molecule has 2 heteroatoms. The molecule has 0 radical (unpaired) electrons. The van der Waals surface area contributed by atoms with Crippen molar-refractivity contribution in [1.29, 1.82) is 0 Å². The van der Waals surface area contributed by atoms with Crippen LogP contribution in [-0.4, -0.2) is 9.55 Å². The summed E-state index contributed by atoms with van der Waals surface area (Å²) < 4.78 is 2.21. The molecule has 5 rings (SSSR count). The smallest absolute Gasteiger partial charge is 0.146 e. The highest BCUT2D eigenvalue weighted by atomic mass is 15.1. The molecule has 0 amide bonds. The van der Waals surface area contributed by atoms with Crippen LogP contribution in [0.2, 0.25) is 0 Å². The Bertz CT molecular complexity index is 1380. The predicted molar refractivity (Wildman–Crippen MR) is 124 cm³/mol. The molecule has 0 bridgehead atoms. The highest BCUT2D eigenvalue weighted by Crippen LogP contribution is 2.30. The van der Waals surface area contributed by atoms with Gasteiger partial charge in [-0.2, -0.15) is 0 Å². The Morgan fingerprint density at radius 2 is 1.37 bits per heavy atom. The van der Waals surface area contributed by atoms with Crippen molar-refractivity contribution in [3.8, 4) is 28.9 Å². The molecule has 0 aliphatic heterocycles. The first-order valence-electron chi connectivity index (χ1n) is 10.0. The lowest BCUT2D eigenvalue weighted by Crippen LogP contribution is -1.98. The fourth-order valence-corrected chi connectivity index (χ4v) is 3.61. The zero-order chi connectivity index (χ0) is 20.3. The van der Waals surface area contributed by atoms with Crippen LogP contribution < -0.4 is 0 Å². The summed E-state index contributed by atoms with van der Waals surface area (Å²) >= 11 is 0. The van der Waals surface area contributed by atoms with Gasteiger partial charge in [0.15, 0.2) is 0 Å². The second-order valence-electron chi connectivity index (χ2n) is 7.26. The molecule has 30 heavy (non-hydrogen) atoms. The van der Waals surface area contributed by atoms with Crippen LogP contribution in [0, 0.1) is 18.8 Å². The highest BCUT2D eigenvalue weighted by molar-refractivity contribution is 5.84. The third-order valence-corrected chi connectivity index (χ3v) is 5.14. The van der Waals surface area contributed by atoms with Crippen LogP contribution >= 0.6 is 0 Å². The molecule has 0 aliphatic rings. The van der Waals surface area contributed by atoms with Gasteiger partial charge in [0, 0.05) is 22.4 Å². The molecule has 0 unspecified atom stereocenters. The van der Waals surface area contributed by atoms with E-state index in [1.165, 1.54) is 5.56 Å². The van der Waals surface area contributed by atoms with Crippen molar-refractivity contribution in [2.45, 2.75) is 6.92 Å². The van der Waals surface area contributed by atoms with Gasteiger partial charge in [-0.05, 0) is 55.5 Å². The topological polar surface area (TPSA) is 17.8 Å². The molecule has 0 spiro atoms. The molecule has 0 N–H and O–H groups in total. The van der Waals surface area contributed by atoms with Crippen molar-refractivity contribution < 1.29 is 0 Å². The van der Waals surface area contributed by atoms with E-state index in [1.54, 1.807) is 0 Å². The number of fused-ring (bicyclic) bond motifs is 1. The van der Waals surface area contributed by atoms with E-state index in [9.17, 15) is 0 Å². The average molecular weight is 384 g/mol. The minimum Gasteiger partial charge on any atom is -0.292 e. The maximum absolute atomic E-state index is 4.98. The normalized spacial score (nSPS) is 10.6. The van der Waals surface area contributed by atoms with Gasteiger partial charge in [-0.3, -0.25) is 4.57 Å². The summed E-state index contributed by atoms with van der Waals surface area (Å²) in [6, 6.07) is 35.1. The van der Waals surface area contributed by atoms with Gasteiger partial charge in [-0.15, -0.1) is 0 Å². The fourth-order valence-electron chi connectivity index (χ4n) is 3.61. The van der Waals surface area contributed by atoms with Crippen LogP contribution in [0.15, 0.2) is 103 Å². The number of nitrogens with zero attached hydrogens (tertiary/aromatic N) is 2. The highest BCUT2D eigenvalue weighted by Gasteiger charge is 2.15. The van der Waals surface area contributed by atoms with Gasteiger partial charge >= 0.3 is 0 Å². The number of para-hydroxylation sites is 3. The van der Waals surface area contributed by atoms with Crippen LogP contribution in [0.3, 0.4) is 0 Å². The van der Waals surface area contributed by atoms with Gasteiger partial charge in [0.1, 0.15) is 5.82 Å². The number of rotatable bonds is 2. The predicted octanol–water partition coefficient (Wildman–Crippen LogP) is 6.40. The van der Waals surface area contributed by atoms with E-state index in [0.29, 0.717) is 0 Å². The summed E-state index contributed by atoms with van der Waals surface area (Å²) in [4.78, 5) is 4.98. The Labute approximate surface area is 176 Å². The zero-order valence-corrected chi connectivity index (χ0v) is 16.7. The quantitative estimate of drug-likeness (QED) is 0.322.